The summed E-state index contributed by atoms with van der Waals surface area (Å²) in [5, 5.41) is 9.65. The molecular weight excluding hydrogens is 266 g/mol. The molecule has 0 spiro atoms. The van der Waals surface area contributed by atoms with Crippen molar-refractivity contribution in [3.63, 3.8) is 0 Å². The summed E-state index contributed by atoms with van der Waals surface area (Å²) in [6.07, 6.45) is 0. The molecule has 2 N–H and O–H groups in total. The molecule has 0 bridgehead atoms. The van der Waals surface area contributed by atoms with Crippen LogP contribution in [0, 0.1) is 6.92 Å². The molecule has 0 unspecified atom stereocenters. The number of halogens is 1. The zero-order chi connectivity index (χ0) is 12.8. The fraction of sp³-hybridized carbons (Fsp3) is 0.100. The summed E-state index contributed by atoms with van der Waals surface area (Å²) in [7, 11) is -4.42. The second kappa shape index (κ2) is 3.83. The number of nitrogens with zero attached hydrogens (tertiary/aromatic N) is 1. The highest BCUT2D eigenvalue weighted by molar-refractivity contribution is 7.86. The van der Waals surface area contributed by atoms with Gasteiger partial charge in [-0.05, 0) is 25.1 Å². The first kappa shape index (κ1) is 12.1. The van der Waals surface area contributed by atoms with Crippen LogP contribution in [0.3, 0.4) is 0 Å². The van der Waals surface area contributed by atoms with Gasteiger partial charge in [0.2, 0.25) is 0 Å². The Balaban J connectivity index is 3.03. The number of phenols is 1. The van der Waals surface area contributed by atoms with Gasteiger partial charge in [0.25, 0.3) is 10.1 Å². The number of pyridine rings is 1. The van der Waals surface area contributed by atoms with Gasteiger partial charge < -0.3 is 5.11 Å². The predicted molar refractivity (Wildman–Crippen MR) is 63.0 cm³/mol. The van der Waals surface area contributed by atoms with Gasteiger partial charge in [-0.1, -0.05) is 11.6 Å². The van der Waals surface area contributed by atoms with E-state index in [9.17, 15) is 13.5 Å². The lowest BCUT2D eigenvalue weighted by Crippen LogP contribution is -2.00. The van der Waals surface area contributed by atoms with Gasteiger partial charge in [-0.15, -0.1) is 0 Å². The second-order valence-corrected chi connectivity index (χ2v) is 5.33. The Labute approximate surface area is 102 Å². The molecule has 1 heterocycles. The minimum Gasteiger partial charge on any atom is -0.504 e. The van der Waals surface area contributed by atoms with Gasteiger partial charge in [-0.2, -0.15) is 8.42 Å². The summed E-state index contributed by atoms with van der Waals surface area (Å²) >= 11 is 5.69. The van der Waals surface area contributed by atoms with E-state index in [2.05, 4.69) is 4.98 Å². The summed E-state index contributed by atoms with van der Waals surface area (Å²) in [5.74, 6) is -0.308. The molecule has 90 valence electrons. The largest absolute Gasteiger partial charge is 0.504 e. The molecule has 0 saturated heterocycles. The number of aromatic hydroxyl groups is 1. The molecule has 0 aliphatic rings. The highest BCUT2D eigenvalue weighted by Crippen LogP contribution is 2.35. The zero-order valence-corrected chi connectivity index (χ0v) is 10.2. The van der Waals surface area contributed by atoms with E-state index in [0.29, 0.717) is 5.69 Å². The normalized spacial score (nSPS) is 11.9. The van der Waals surface area contributed by atoms with Crippen molar-refractivity contribution in [1.29, 1.82) is 0 Å². The van der Waals surface area contributed by atoms with E-state index in [0.717, 1.165) is 6.07 Å². The molecule has 1 aromatic heterocycles. The third-order valence-corrected chi connectivity index (χ3v) is 3.47. The van der Waals surface area contributed by atoms with Gasteiger partial charge in [-0.3, -0.25) is 4.55 Å². The molecule has 17 heavy (non-hydrogen) atoms. The van der Waals surface area contributed by atoms with Crippen molar-refractivity contribution in [3.8, 4) is 5.75 Å². The SMILES string of the molecule is Cc1ccc2c(S(=O)(=O)O)cc(Cl)c(O)c2n1. The summed E-state index contributed by atoms with van der Waals surface area (Å²) < 4.78 is 31.4. The van der Waals surface area contributed by atoms with Crippen LogP contribution in [-0.4, -0.2) is 23.1 Å². The van der Waals surface area contributed by atoms with Crippen LogP contribution in [0.4, 0.5) is 0 Å². The van der Waals surface area contributed by atoms with Crippen LogP contribution < -0.4 is 0 Å². The maximum atomic E-state index is 11.2. The van der Waals surface area contributed by atoms with Crippen molar-refractivity contribution in [3.05, 3.63) is 28.9 Å². The van der Waals surface area contributed by atoms with Crippen LogP contribution in [0.1, 0.15) is 5.69 Å². The van der Waals surface area contributed by atoms with Gasteiger partial charge in [0, 0.05) is 11.1 Å². The topological polar surface area (TPSA) is 87.5 Å². The maximum Gasteiger partial charge on any atom is 0.295 e. The van der Waals surface area contributed by atoms with Gasteiger partial charge in [-0.25, -0.2) is 4.98 Å². The molecule has 0 amide bonds. The van der Waals surface area contributed by atoms with Gasteiger partial charge in [0.1, 0.15) is 10.4 Å². The van der Waals surface area contributed by atoms with E-state index in [1.54, 1.807) is 13.0 Å². The van der Waals surface area contributed by atoms with Crippen LogP contribution in [0.5, 0.6) is 5.75 Å². The molecular formula is C10H8ClNO4S. The fourth-order valence-corrected chi connectivity index (χ4v) is 2.50. The zero-order valence-electron chi connectivity index (χ0n) is 8.68. The third kappa shape index (κ3) is 2.06. The first-order chi connectivity index (χ1) is 7.80. The number of hydrogen-bond acceptors (Lipinski definition) is 4. The van der Waals surface area contributed by atoms with Crippen LogP contribution in [0.2, 0.25) is 5.02 Å². The van der Waals surface area contributed by atoms with Gasteiger partial charge in [0.05, 0.1) is 5.02 Å². The molecule has 2 aromatic rings. The average molecular weight is 274 g/mol. The summed E-state index contributed by atoms with van der Waals surface area (Å²) in [4.78, 5) is 3.63. The van der Waals surface area contributed by atoms with E-state index in [1.807, 2.05) is 0 Å². The van der Waals surface area contributed by atoms with E-state index in [1.165, 1.54) is 6.07 Å². The van der Waals surface area contributed by atoms with E-state index in [-0.39, 0.29) is 26.6 Å². The molecule has 0 saturated carbocycles. The Bertz CT molecular complexity index is 712. The standard InChI is InChI=1S/C10H8ClNO4S/c1-5-2-3-6-8(17(14,15)16)4-7(11)10(13)9(6)12-5/h2-4,13H,1H3,(H,14,15,16). The Morgan fingerprint density at radius 1 is 1.35 bits per heavy atom. The van der Waals surface area contributed by atoms with Crippen molar-refractivity contribution < 1.29 is 18.1 Å². The van der Waals surface area contributed by atoms with Crippen molar-refractivity contribution in [2.24, 2.45) is 0 Å². The minimum atomic E-state index is -4.42. The van der Waals surface area contributed by atoms with E-state index < -0.39 is 10.1 Å². The third-order valence-electron chi connectivity index (χ3n) is 2.29. The lowest BCUT2D eigenvalue weighted by molar-refractivity contribution is 0.478. The van der Waals surface area contributed by atoms with Gasteiger partial charge >= 0.3 is 0 Å². The molecule has 0 fully saturated rings. The van der Waals surface area contributed by atoms with Crippen LogP contribution >= 0.6 is 11.6 Å². The van der Waals surface area contributed by atoms with E-state index in [4.69, 9.17) is 16.2 Å². The number of hydrogen-bond donors (Lipinski definition) is 2. The summed E-state index contributed by atoms with van der Waals surface area (Å²) in [6.45, 7) is 1.69. The Morgan fingerprint density at radius 2 is 2.00 bits per heavy atom. The predicted octanol–water partition coefficient (Wildman–Crippen LogP) is 2.15. The van der Waals surface area contributed by atoms with Crippen LogP contribution in [-0.2, 0) is 10.1 Å². The number of aryl methyl sites for hydroxylation is 1. The first-order valence-corrected chi connectivity index (χ1v) is 6.39. The fourth-order valence-electron chi connectivity index (χ4n) is 1.52. The molecule has 1 aromatic carbocycles. The lowest BCUT2D eigenvalue weighted by atomic mass is 10.2. The smallest absolute Gasteiger partial charge is 0.295 e. The van der Waals surface area contributed by atoms with Crippen molar-refractivity contribution in [2.75, 3.05) is 0 Å². The molecule has 0 atom stereocenters. The second-order valence-electron chi connectivity index (χ2n) is 3.53. The number of fused-ring (bicyclic) bond motifs is 1. The Hall–Kier alpha value is -1.37. The van der Waals surface area contributed by atoms with Gasteiger partial charge in [0.15, 0.2) is 5.75 Å². The quantitative estimate of drug-likeness (QED) is 0.777. The van der Waals surface area contributed by atoms with E-state index >= 15 is 0 Å². The average Bonchev–Trinajstić information content (AvgIpc) is 2.22. The Kier molecular flexibility index (Phi) is 2.73. The minimum absolute atomic E-state index is 0.0464. The van der Waals surface area contributed by atoms with Crippen molar-refractivity contribution in [2.45, 2.75) is 11.8 Å². The number of benzene rings is 1. The Morgan fingerprint density at radius 3 is 2.59 bits per heavy atom. The van der Waals surface area contributed by atoms with Crippen LogP contribution in [0.25, 0.3) is 10.9 Å². The number of aromatic nitrogens is 1. The molecule has 7 heteroatoms. The summed E-state index contributed by atoms with van der Waals surface area (Å²) in [5.41, 5.74) is 0.640. The lowest BCUT2D eigenvalue weighted by Gasteiger charge is -2.07. The molecule has 0 radical (unpaired) electrons. The molecule has 0 aliphatic carbocycles. The van der Waals surface area contributed by atoms with Crippen molar-refractivity contribution >= 4 is 32.6 Å². The van der Waals surface area contributed by atoms with Crippen molar-refractivity contribution in [1.82, 2.24) is 4.98 Å². The molecule has 2 rings (SSSR count). The molecule has 5 nitrogen and oxygen atoms in total. The molecule has 0 aliphatic heterocycles. The highest BCUT2D eigenvalue weighted by Gasteiger charge is 2.19. The number of phenolic OH excluding ortho intramolecular Hbond substituents is 1. The maximum absolute atomic E-state index is 11.2. The number of rotatable bonds is 1. The highest BCUT2D eigenvalue weighted by atomic mass is 35.5. The summed E-state index contributed by atoms with van der Waals surface area (Å²) in [6, 6.07) is 4.02. The first-order valence-electron chi connectivity index (χ1n) is 4.57. The van der Waals surface area contributed by atoms with Crippen LogP contribution in [0.15, 0.2) is 23.1 Å². The monoisotopic (exact) mass is 273 g/mol.